The number of pyridine rings is 1. The molecule has 1 aliphatic heterocycles. The topological polar surface area (TPSA) is 54.5 Å². The number of rotatable bonds is 6. The minimum Gasteiger partial charge on any atom is -0.478 e. The first-order valence-corrected chi connectivity index (χ1v) is 7.75. The van der Waals surface area contributed by atoms with Crippen molar-refractivity contribution in [2.75, 3.05) is 33.3 Å². The van der Waals surface area contributed by atoms with E-state index < -0.39 is 0 Å². The van der Waals surface area contributed by atoms with Crippen LogP contribution in [0, 0.1) is 5.92 Å². The second-order valence-corrected chi connectivity index (χ2v) is 5.68. The van der Waals surface area contributed by atoms with Crippen LogP contribution in [0.1, 0.15) is 19.3 Å². The summed E-state index contributed by atoms with van der Waals surface area (Å²) in [5.41, 5.74) is 0. The third kappa shape index (κ3) is 5.17. The van der Waals surface area contributed by atoms with Crippen molar-refractivity contribution in [2.45, 2.75) is 19.3 Å². The molecule has 5 nitrogen and oxygen atoms in total. The zero-order chi connectivity index (χ0) is 15.1. The summed E-state index contributed by atoms with van der Waals surface area (Å²) in [5, 5.41) is 3.34. The van der Waals surface area contributed by atoms with Crippen molar-refractivity contribution in [3.8, 4) is 5.88 Å². The molecule has 0 saturated carbocycles. The van der Waals surface area contributed by atoms with Crippen molar-refractivity contribution in [2.24, 2.45) is 5.92 Å². The van der Waals surface area contributed by atoms with Crippen LogP contribution < -0.4 is 10.1 Å². The summed E-state index contributed by atoms with van der Waals surface area (Å²) < 4.78 is 5.57. The summed E-state index contributed by atoms with van der Waals surface area (Å²) >= 11 is 5.77. The van der Waals surface area contributed by atoms with Crippen LogP contribution in [0.3, 0.4) is 0 Å². The molecule has 1 saturated heterocycles. The van der Waals surface area contributed by atoms with Gasteiger partial charge in [-0.05, 0) is 38.4 Å². The molecule has 6 heteroatoms. The van der Waals surface area contributed by atoms with Gasteiger partial charge in [-0.25, -0.2) is 4.98 Å². The normalized spacial score (nSPS) is 16.7. The summed E-state index contributed by atoms with van der Waals surface area (Å²) in [5.74, 6) is 0.963. The average Bonchev–Trinajstić information content (AvgIpc) is 2.53. The molecule has 2 heterocycles. The van der Waals surface area contributed by atoms with Crippen LogP contribution in [0.4, 0.5) is 0 Å². The number of nitrogens with zero attached hydrogens (tertiary/aromatic N) is 2. The highest BCUT2D eigenvalue weighted by molar-refractivity contribution is 6.30. The maximum absolute atomic E-state index is 11.5. The lowest BCUT2D eigenvalue weighted by molar-refractivity contribution is -0.125. The molecule has 0 bridgehead atoms. The van der Waals surface area contributed by atoms with Gasteiger partial charge in [-0.2, -0.15) is 0 Å². The van der Waals surface area contributed by atoms with Gasteiger partial charge in [0.15, 0.2) is 0 Å². The Bertz CT molecular complexity index is 445. The molecular formula is C15H22ClN3O2. The molecule has 1 N–H and O–H groups in total. The van der Waals surface area contributed by atoms with E-state index in [1.165, 1.54) is 0 Å². The van der Waals surface area contributed by atoms with Crippen molar-refractivity contribution in [1.29, 1.82) is 0 Å². The van der Waals surface area contributed by atoms with Gasteiger partial charge < -0.3 is 15.0 Å². The molecule has 0 radical (unpaired) electrons. The second kappa shape index (κ2) is 8.20. The van der Waals surface area contributed by atoms with E-state index in [2.05, 4.69) is 15.2 Å². The maximum atomic E-state index is 11.5. The smallest absolute Gasteiger partial charge is 0.222 e. The first-order chi connectivity index (χ1) is 10.2. The number of hydrogen-bond donors (Lipinski definition) is 1. The molecule has 21 heavy (non-hydrogen) atoms. The highest BCUT2D eigenvalue weighted by atomic mass is 35.5. The minimum atomic E-state index is 0.173. The SMILES string of the molecule is CNC(=O)C1CCN(CCCOc2ccc(Cl)cn2)CC1. The number of amides is 1. The van der Waals surface area contributed by atoms with Crippen LogP contribution in [0.25, 0.3) is 0 Å². The van der Waals surface area contributed by atoms with Gasteiger partial charge in [-0.15, -0.1) is 0 Å². The van der Waals surface area contributed by atoms with Crippen LogP contribution in [0.15, 0.2) is 18.3 Å². The van der Waals surface area contributed by atoms with Crippen LogP contribution in [0.2, 0.25) is 5.02 Å². The second-order valence-electron chi connectivity index (χ2n) is 5.25. The van der Waals surface area contributed by atoms with E-state index >= 15 is 0 Å². The van der Waals surface area contributed by atoms with Gasteiger partial charge in [-0.3, -0.25) is 4.79 Å². The van der Waals surface area contributed by atoms with Gasteiger partial charge in [0.2, 0.25) is 11.8 Å². The number of hydrogen-bond acceptors (Lipinski definition) is 4. The number of piperidine rings is 1. The van der Waals surface area contributed by atoms with Gasteiger partial charge >= 0.3 is 0 Å². The number of ether oxygens (including phenoxy) is 1. The molecular weight excluding hydrogens is 290 g/mol. The lowest BCUT2D eigenvalue weighted by Crippen LogP contribution is -2.40. The molecule has 0 aromatic carbocycles. The molecule has 116 valence electrons. The molecule has 1 aromatic heterocycles. The molecule has 0 aliphatic carbocycles. The number of carbonyl (C=O) groups excluding carboxylic acids is 1. The van der Waals surface area contributed by atoms with Crippen LogP contribution in [0.5, 0.6) is 5.88 Å². The third-order valence-corrected chi connectivity index (χ3v) is 4.00. The molecule has 1 aromatic rings. The molecule has 0 atom stereocenters. The Labute approximate surface area is 130 Å². The lowest BCUT2D eigenvalue weighted by atomic mass is 9.96. The van der Waals surface area contributed by atoms with E-state index in [-0.39, 0.29) is 11.8 Å². The van der Waals surface area contributed by atoms with Gasteiger partial charge in [-0.1, -0.05) is 11.6 Å². The van der Waals surface area contributed by atoms with E-state index in [0.717, 1.165) is 38.9 Å². The van der Waals surface area contributed by atoms with E-state index in [9.17, 15) is 4.79 Å². The third-order valence-electron chi connectivity index (χ3n) is 3.77. The Hall–Kier alpha value is -1.33. The number of likely N-dealkylation sites (tertiary alicyclic amines) is 1. The predicted molar refractivity (Wildman–Crippen MR) is 82.6 cm³/mol. The molecule has 1 aliphatic rings. The molecule has 1 amide bonds. The fraction of sp³-hybridized carbons (Fsp3) is 0.600. The van der Waals surface area contributed by atoms with Crippen LogP contribution in [-0.2, 0) is 4.79 Å². The summed E-state index contributed by atoms with van der Waals surface area (Å²) in [6.07, 6.45) is 4.42. The fourth-order valence-electron chi connectivity index (χ4n) is 2.54. The van der Waals surface area contributed by atoms with E-state index in [1.807, 2.05) is 0 Å². The first-order valence-electron chi connectivity index (χ1n) is 7.37. The standard InChI is InChI=1S/C15H22ClN3O2/c1-17-15(20)12-5-8-19(9-6-12)7-2-10-21-14-4-3-13(16)11-18-14/h3-4,11-12H,2,5-10H2,1H3,(H,17,20). The van der Waals surface area contributed by atoms with E-state index in [0.29, 0.717) is 17.5 Å². The lowest BCUT2D eigenvalue weighted by Gasteiger charge is -2.30. The van der Waals surface area contributed by atoms with Gasteiger partial charge in [0, 0.05) is 31.8 Å². The zero-order valence-corrected chi connectivity index (χ0v) is 13.1. The van der Waals surface area contributed by atoms with E-state index in [4.69, 9.17) is 16.3 Å². The fourth-order valence-corrected chi connectivity index (χ4v) is 2.65. The summed E-state index contributed by atoms with van der Waals surface area (Å²) in [6, 6.07) is 3.55. The van der Waals surface area contributed by atoms with Gasteiger partial charge in [0.05, 0.1) is 11.6 Å². The van der Waals surface area contributed by atoms with Crippen LogP contribution in [-0.4, -0.2) is 49.1 Å². The highest BCUT2D eigenvalue weighted by Gasteiger charge is 2.23. The number of aromatic nitrogens is 1. The zero-order valence-electron chi connectivity index (χ0n) is 12.3. The van der Waals surface area contributed by atoms with Crippen molar-refractivity contribution in [3.63, 3.8) is 0 Å². The average molecular weight is 312 g/mol. The molecule has 2 rings (SSSR count). The maximum Gasteiger partial charge on any atom is 0.222 e. The molecule has 0 unspecified atom stereocenters. The Kier molecular flexibility index (Phi) is 6.26. The van der Waals surface area contributed by atoms with Crippen molar-refractivity contribution >= 4 is 17.5 Å². The van der Waals surface area contributed by atoms with Crippen molar-refractivity contribution in [3.05, 3.63) is 23.4 Å². The summed E-state index contributed by atoms with van der Waals surface area (Å²) in [6.45, 7) is 3.60. The summed E-state index contributed by atoms with van der Waals surface area (Å²) in [7, 11) is 1.71. The Balaban J connectivity index is 1.60. The predicted octanol–water partition coefficient (Wildman–Crippen LogP) is 1.96. The molecule has 0 spiro atoms. The van der Waals surface area contributed by atoms with Crippen molar-refractivity contribution in [1.82, 2.24) is 15.2 Å². The Morgan fingerprint density at radius 2 is 2.24 bits per heavy atom. The molecule has 1 fully saturated rings. The summed E-state index contributed by atoms with van der Waals surface area (Å²) in [4.78, 5) is 18.0. The van der Waals surface area contributed by atoms with E-state index in [1.54, 1.807) is 25.4 Å². The Morgan fingerprint density at radius 1 is 1.48 bits per heavy atom. The quantitative estimate of drug-likeness (QED) is 0.816. The number of carbonyl (C=O) groups is 1. The van der Waals surface area contributed by atoms with Crippen molar-refractivity contribution < 1.29 is 9.53 Å². The highest BCUT2D eigenvalue weighted by Crippen LogP contribution is 2.17. The van der Waals surface area contributed by atoms with Gasteiger partial charge in [0.25, 0.3) is 0 Å². The monoisotopic (exact) mass is 311 g/mol. The Morgan fingerprint density at radius 3 is 2.86 bits per heavy atom. The van der Waals surface area contributed by atoms with Gasteiger partial charge in [0.1, 0.15) is 0 Å². The number of halogens is 1. The largest absolute Gasteiger partial charge is 0.478 e. The minimum absolute atomic E-state index is 0.173. The first kappa shape index (κ1) is 16.0. The number of nitrogens with one attached hydrogen (secondary N) is 1. The van der Waals surface area contributed by atoms with Crippen LogP contribution >= 0.6 is 11.6 Å².